The maximum Gasteiger partial charge on any atom is 0.119 e. The smallest absolute Gasteiger partial charge is 0.119 e. The molecule has 2 rings (SSSR count). The maximum atomic E-state index is 5.43. The van der Waals surface area contributed by atoms with Crippen molar-refractivity contribution in [3.05, 3.63) is 64.1 Å². The van der Waals surface area contributed by atoms with Gasteiger partial charge < -0.3 is 4.74 Å². The Morgan fingerprint density at radius 1 is 1.00 bits per heavy atom. The predicted molar refractivity (Wildman–Crippen MR) is 74.6 cm³/mol. The summed E-state index contributed by atoms with van der Waals surface area (Å²) in [6, 6.07) is 16.6. The molecule has 0 radical (unpaired) electrons. The standard InChI is InChI=1S/C15H15BrO/c1-2-17-14-9-7-12(8-10-14)11-13-5-3-4-6-15(13)16/h3-10H,2,11H2,1H3. The second kappa shape index (κ2) is 5.87. The molecule has 88 valence electrons. The van der Waals surface area contributed by atoms with Crippen molar-refractivity contribution >= 4 is 15.9 Å². The van der Waals surface area contributed by atoms with E-state index in [0.717, 1.165) is 16.6 Å². The van der Waals surface area contributed by atoms with Crippen molar-refractivity contribution in [1.82, 2.24) is 0 Å². The molecule has 0 amide bonds. The van der Waals surface area contributed by atoms with Gasteiger partial charge in [0.25, 0.3) is 0 Å². The number of ether oxygens (including phenoxy) is 1. The minimum Gasteiger partial charge on any atom is -0.494 e. The molecule has 0 aliphatic heterocycles. The van der Waals surface area contributed by atoms with Crippen LogP contribution in [-0.2, 0) is 6.42 Å². The van der Waals surface area contributed by atoms with E-state index in [4.69, 9.17) is 4.74 Å². The zero-order chi connectivity index (χ0) is 12.1. The first-order chi connectivity index (χ1) is 8.29. The van der Waals surface area contributed by atoms with E-state index in [9.17, 15) is 0 Å². The number of hydrogen-bond donors (Lipinski definition) is 0. The Morgan fingerprint density at radius 3 is 2.35 bits per heavy atom. The highest BCUT2D eigenvalue weighted by atomic mass is 79.9. The minimum atomic E-state index is 0.712. The molecule has 17 heavy (non-hydrogen) atoms. The monoisotopic (exact) mass is 290 g/mol. The Bertz CT molecular complexity index is 477. The molecule has 2 aromatic carbocycles. The van der Waals surface area contributed by atoms with Crippen LogP contribution < -0.4 is 4.74 Å². The molecule has 0 saturated carbocycles. The Morgan fingerprint density at radius 2 is 1.71 bits per heavy atom. The summed E-state index contributed by atoms with van der Waals surface area (Å²) >= 11 is 3.57. The molecular formula is C15H15BrO. The van der Waals surface area contributed by atoms with Gasteiger partial charge in [0.2, 0.25) is 0 Å². The SMILES string of the molecule is CCOc1ccc(Cc2ccccc2Br)cc1. The Kier molecular flexibility index (Phi) is 4.21. The molecule has 2 heteroatoms. The molecular weight excluding hydrogens is 276 g/mol. The van der Waals surface area contributed by atoms with Crippen molar-refractivity contribution in [3.63, 3.8) is 0 Å². The fraction of sp³-hybridized carbons (Fsp3) is 0.200. The van der Waals surface area contributed by atoms with Gasteiger partial charge in [-0.05, 0) is 42.7 Å². The highest BCUT2D eigenvalue weighted by molar-refractivity contribution is 9.10. The Labute approximate surface area is 111 Å². The summed E-state index contributed by atoms with van der Waals surface area (Å²) in [5.74, 6) is 0.934. The number of benzene rings is 2. The van der Waals surface area contributed by atoms with E-state index in [-0.39, 0.29) is 0 Å². The van der Waals surface area contributed by atoms with Crippen molar-refractivity contribution in [3.8, 4) is 5.75 Å². The lowest BCUT2D eigenvalue weighted by Gasteiger charge is -2.06. The van der Waals surface area contributed by atoms with Gasteiger partial charge in [-0.3, -0.25) is 0 Å². The van der Waals surface area contributed by atoms with E-state index < -0.39 is 0 Å². The van der Waals surface area contributed by atoms with Crippen molar-refractivity contribution < 1.29 is 4.74 Å². The zero-order valence-electron chi connectivity index (χ0n) is 9.82. The molecule has 0 fully saturated rings. The van der Waals surface area contributed by atoms with E-state index in [1.807, 2.05) is 25.1 Å². The molecule has 0 N–H and O–H groups in total. The van der Waals surface area contributed by atoms with Crippen LogP contribution in [0.5, 0.6) is 5.75 Å². The third-order valence-electron chi connectivity index (χ3n) is 2.59. The fourth-order valence-electron chi connectivity index (χ4n) is 1.73. The summed E-state index contributed by atoms with van der Waals surface area (Å²) in [5, 5.41) is 0. The molecule has 0 saturated heterocycles. The second-order valence-corrected chi connectivity index (χ2v) is 4.70. The summed E-state index contributed by atoms with van der Waals surface area (Å²) in [6.07, 6.45) is 0.938. The summed E-state index contributed by atoms with van der Waals surface area (Å²) < 4.78 is 6.59. The van der Waals surface area contributed by atoms with Gasteiger partial charge in [-0.1, -0.05) is 46.3 Å². The van der Waals surface area contributed by atoms with Crippen LogP contribution in [0.25, 0.3) is 0 Å². The minimum absolute atomic E-state index is 0.712. The zero-order valence-corrected chi connectivity index (χ0v) is 11.4. The van der Waals surface area contributed by atoms with Gasteiger partial charge in [0.05, 0.1) is 6.61 Å². The van der Waals surface area contributed by atoms with Gasteiger partial charge in [0.1, 0.15) is 5.75 Å². The van der Waals surface area contributed by atoms with Crippen LogP contribution in [0, 0.1) is 0 Å². The van der Waals surface area contributed by atoms with Crippen LogP contribution in [0.1, 0.15) is 18.1 Å². The van der Waals surface area contributed by atoms with E-state index in [0.29, 0.717) is 6.61 Å². The van der Waals surface area contributed by atoms with Crippen LogP contribution in [0.2, 0.25) is 0 Å². The molecule has 0 spiro atoms. The molecule has 0 aromatic heterocycles. The topological polar surface area (TPSA) is 9.23 Å². The highest BCUT2D eigenvalue weighted by Gasteiger charge is 2.00. The summed E-state index contributed by atoms with van der Waals surface area (Å²) in [4.78, 5) is 0. The van der Waals surface area contributed by atoms with Crippen molar-refractivity contribution in [2.45, 2.75) is 13.3 Å². The summed E-state index contributed by atoms with van der Waals surface area (Å²) in [5.41, 5.74) is 2.59. The number of rotatable bonds is 4. The fourth-order valence-corrected chi connectivity index (χ4v) is 2.16. The molecule has 2 aromatic rings. The summed E-state index contributed by atoms with van der Waals surface area (Å²) in [6.45, 7) is 2.71. The van der Waals surface area contributed by atoms with Gasteiger partial charge in [-0.25, -0.2) is 0 Å². The van der Waals surface area contributed by atoms with Crippen LogP contribution >= 0.6 is 15.9 Å². The Hall–Kier alpha value is -1.28. The van der Waals surface area contributed by atoms with Gasteiger partial charge in [0.15, 0.2) is 0 Å². The number of halogens is 1. The van der Waals surface area contributed by atoms with Gasteiger partial charge in [-0.2, -0.15) is 0 Å². The summed E-state index contributed by atoms with van der Waals surface area (Å²) in [7, 11) is 0. The van der Waals surface area contributed by atoms with E-state index in [1.54, 1.807) is 0 Å². The third-order valence-corrected chi connectivity index (χ3v) is 3.36. The lowest BCUT2D eigenvalue weighted by molar-refractivity contribution is 0.340. The largest absolute Gasteiger partial charge is 0.494 e. The first kappa shape index (κ1) is 12.2. The van der Waals surface area contributed by atoms with Gasteiger partial charge in [-0.15, -0.1) is 0 Å². The second-order valence-electron chi connectivity index (χ2n) is 3.85. The first-order valence-corrected chi connectivity index (χ1v) is 6.54. The van der Waals surface area contributed by atoms with Crippen molar-refractivity contribution in [2.24, 2.45) is 0 Å². The first-order valence-electron chi connectivity index (χ1n) is 5.74. The Balaban J connectivity index is 2.11. The average Bonchev–Trinajstić information content (AvgIpc) is 2.35. The van der Waals surface area contributed by atoms with Gasteiger partial charge in [0, 0.05) is 4.47 Å². The lowest BCUT2D eigenvalue weighted by Crippen LogP contribution is -1.93. The van der Waals surface area contributed by atoms with E-state index in [2.05, 4.69) is 46.3 Å². The van der Waals surface area contributed by atoms with Crippen LogP contribution in [0.4, 0.5) is 0 Å². The predicted octanol–water partition coefficient (Wildman–Crippen LogP) is 4.44. The normalized spacial score (nSPS) is 10.2. The van der Waals surface area contributed by atoms with Gasteiger partial charge >= 0.3 is 0 Å². The molecule has 0 unspecified atom stereocenters. The van der Waals surface area contributed by atoms with Crippen molar-refractivity contribution in [2.75, 3.05) is 6.61 Å². The molecule has 0 atom stereocenters. The average molecular weight is 291 g/mol. The molecule has 1 nitrogen and oxygen atoms in total. The molecule has 0 heterocycles. The maximum absolute atomic E-state index is 5.43. The number of hydrogen-bond acceptors (Lipinski definition) is 1. The lowest BCUT2D eigenvalue weighted by atomic mass is 10.1. The van der Waals surface area contributed by atoms with E-state index >= 15 is 0 Å². The van der Waals surface area contributed by atoms with Crippen molar-refractivity contribution in [1.29, 1.82) is 0 Å². The van der Waals surface area contributed by atoms with Crippen LogP contribution in [0.15, 0.2) is 53.0 Å². The molecule has 0 aliphatic carbocycles. The van der Waals surface area contributed by atoms with Crippen LogP contribution in [-0.4, -0.2) is 6.61 Å². The molecule has 0 bridgehead atoms. The van der Waals surface area contributed by atoms with E-state index in [1.165, 1.54) is 11.1 Å². The quantitative estimate of drug-likeness (QED) is 0.809. The third kappa shape index (κ3) is 3.34. The highest BCUT2D eigenvalue weighted by Crippen LogP contribution is 2.21. The van der Waals surface area contributed by atoms with Crippen LogP contribution in [0.3, 0.4) is 0 Å². The molecule has 0 aliphatic rings.